The van der Waals surface area contributed by atoms with Crippen LogP contribution in [0.1, 0.15) is 75.6 Å². The molecular weight excluding hydrogens is 360 g/mol. The first-order valence-electron chi connectivity index (χ1n) is 10.4. The summed E-state index contributed by atoms with van der Waals surface area (Å²) in [7, 11) is -3.50. The van der Waals surface area contributed by atoms with Gasteiger partial charge in [0, 0.05) is 30.7 Å². The second-order valence-electron chi connectivity index (χ2n) is 7.75. The predicted octanol–water partition coefficient (Wildman–Crippen LogP) is 4.04. The Bertz CT molecular complexity index is 745. The molecule has 27 heavy (non-hydrogen) atoms. The van der Waals surface area contributed by atoms with E-state index in [4.69, 9.17) is 0 Å². The molecule has 0 saturated carbocycles. The number of likely N-dealkylation sites (tertiary alicyclic amines) is 1. The van der Waals surface area contributed by atoms with Crippen LogP contribution < -0.4 is 0 Å². The smallest absolute Gasteiger partial charge is 0.254 e. The van der Waals surface area contributed by atoms with Crippen molar-refractivity contribution in [2.75, 3.05) is 13.1 Å². The van der Waals surface area contributed by atoms with Crippen molar-refractivity contribution in [3.8, 4) is 0 Å². The summed E-state index contributed by atoms with van der Waals surface area (Å²) in [6, 6.07) is 6.96. The Kier molecular flexibility index (Phi) is 6.58. The highest BCUT2D eigenvalue weighted by atomic mass is 32.2. The van der Waals surface area contributed by atoms with Gasteiger partial charge >= 0.3 is 0 Å². The molecule has 2 aliphatic rings. The van der Waals surface area contributed by atoms with Crippen molar-refractivity contribution < 1.29 is 13.2 Å². The van der Waals surface area contributed by atoms with Gasteiger partial charge in [-0.3, -0.25) is 4.79 Å². The van der Waals surface area contributed by atoms with E-state index in [1.165, 1.54) is 6.42 Å². The van der Waals surface area contributed by atoms with Crippen LogP contribution in [-0.2, 0) is 10.0 Å². The van der Waals surface area contributed by atoms with Crippen LogP contribution >= 0.6 is 0 Å². The number of hydrogen-bond donors (Lipinski definition) is 0. The van der Waals surface area contributed by atoms with Gasteiger partial charge in [0.2, 0.25) is 10.0 Å². The number of hydrogen-bond acceptors (Lipinski definition) is 3. The van der Waals surface area contributed by atoms with Gasteiger partial charge < -0.3 is 4.90 Å². The third-order valence-corrected chi connectivity index (χ3v) is 8.08. The van der Waals surface area contributed by atoms with Crippen molar-refractivity contribution >= 4 is 15.9 Å². The van der Waals surface area contributed by atoms with Gasteiger partial charge in [0.25, 0.3) is 5.91 Å². The summed E-state index contributed by atoms with van der Waals surface area (Å²) < 4.78 is 27.8. The molecule has 0 spiro atoms. The third-order valence-electron chi connectivity index (χ3n) is 6.11. The number of sulfonamides is 1. The van der Waals surface area contributed by atoms with Crippen LogP contribution in [0, 0.1) is 0 Å². The van der Waals surface area contributed by atoms with Crippen LogP contribution in [0.4, 0.5) is 0 Å². The highest BCUT2D eigenvalue weighted by molar-refractivity contribution is 7.89. The Morgan fingerprint density at radius 1 is 0.926 bits per heavy atom. The topological polar surface area (TPSA) is 57.7 Å². The fourth-order valence-electron chi connectivity index (χ4n) is 4.46. The minimum Gasteiger partial charge on any atom is -0.336 e. The molecule has 0 radical (unpaired) electrons. The van der Waals surface area contributed by atoms with Crippen LogP contribution in [-0.4, -0.2) is 48.7 Å². The largest absolute Gasteiger partial charge is 0.336 e. The number of nitrogens with zero attached hydrogens (tertiary/aromatic N) is 2. The molecule has 6 heteroatoms. The average Bonchev–Trinajstić information content (AvgIpc) is 2.73. The van der Waals surface area contributed by atoms with Crippen LogP contribution in [0.15, 0.2) is 29.2 Å². The second-order valence-corrected chi connectivity index (χ2v) is 9.64. The molecule has 5 nitrogen and oxygen atoms in total. The number of rotatable bonds is 5. The van der Waals surface area contributed by atoms with E-state index in [1.807, 2.05) is 11.8 Å². The number of benzene rings is 1. The quantitative estimate of drug-likeness (QED) is 0.760. The molecule has 1 amide bonds. The fraction of sp³-hybridized carbons (Fsp3) is 0.667. The van der Waals surface area contributed by atoms with Crippen molar-refractivity contribution in [1.29, 1.82) is 0 Å². The first kappa shape index (κ1) is 20.3. The molecule has 0 aromatic heterocycles. The van der Waals surface area contributed by atoms with Gasteiger partial charge in [0.05, 0.1) is 4.90 Å². The highest BCUT2D eigenvalue weighted by Gasteiger charge is 2.33. The number of piperidine rings is 2. The lowest BCUT2D eigenvalue weighted by Crippen LogP contribution is -2.43. The van der Waals surface area contributed by atoms with E-state index in [1.54, 1.807) is 28.6 Å². The Morgan fingerprint density at radius 2 is 1.52 bits per heavy atom. The lowest BCUT2D eigenvalue weighted by molar-refractivity contribution is 0.0608. The Morgan fingerprint density at radius 3 is 2.15 bits per heavy atom. The van der Waals surface area contributed by atoms with Crippen LogP contribution in [0.5, 0.6) is 0 Å². The highest BCUT2D eigenvalue weighted by Crippen LogP contribution is 2.28. The molecule has 1 aromatic carbocycles. The zero-order valence-electron chi connectivity index (χ0n) is 16.6. The Hall–Kier alpha value is -1.40. The minimum absolute atomic E-state index is 0.0231. The maximum atomic E-state index is 13.1. The van der Waals surface area contributed by atoms with Gasteiger partial charge in [0.15, 0.2) is 0 Å². The van der Waals surface area contributed by atoms with Crippen LogP contribution in [0.2, 0.25) is 0 Å². The molecule has 0 aliphatic carbocycles. The summed E-state index contributed by atoms with van der Waals surface area (Å²) in [6.07, 6.45) is 8.01. The molecule has 1 aromatic rings. The molecule has 2 atom stereocenters. The van der Waals surface area contributed by atoms with Crippen molar-refractivity contribution in [2.24, 2.45) is 0 Å². The number of carbonyl (C=O) groups is 1. The van der Waals surface area contributed by atoms with Crippen LogP contribution in [0.25, 0.3) is 0 Å². The summed E-state index contributed by atoms with van der Waals surface area (Å²) in [4.78, 5) is 15.2. The molecule has 2 fully saturated rings. The molecule has 2 unspecified atom stereocenters. The van der Waals surface area contributed by atoms with Crippen LogP contribution in [0.3, 0.4) is 0 Å². The zero-order valence-corrected chi connectivity index (χ0v) is 17.4. The number of carbonyl (C=O) groups excluding carboxylic acids is 1. The summed E-state index contributed by atoms with van der Waals surface area (Å²) in [5.74, 6) is 0.0231. The lowest BCUT2D eigenvalue weighted by Gasteiger charge is -2.35. The summed E-state index contributed by atoms with van der Waals surface area (Å²) >= 11 is 0. The monoisotopic (exact) mass is 392 g/mol. The predicted molar refractivity (Wildman–Crippen MR) is 107 cm³/mol. The first-order valence-corrected chi connectivity index (χ1v) is 11.9. The van der Waals surface area contributed by atoms with Gasteiger partial charge in [-0.1, -0.05) is 20.3 Å². The second kappa shape index (κ2) is 8.74. The maximum Gasteiger partial charge on any atom is 0.254 e. The van der Waals surface area contributed by atoms with E-state index >= 15 is 0 Å². The zero-order chi connectivity index (χ0) is 19.4. The van der Waals surface area contributed by atoms with E-state index < -0.39 is 10.0 Å². The first-order chi connectivity index (χ1) is 13.0. The van der Waals surface area contributed by atoms with E-state index in [0.29, 0.717) is 23.0 Å². The fourth-order valence-corrected chi connectivity index (χ4v) is 6.23. The summed E-state index contributed by atoms with van der Waals surface area (Å²) in [6.45, 7) is 5.55. The molecule has 2 aliphatic heterocycles. The molecule has 2 heterocycles. The standard InChI is InChI=1S/C21H32N2O3S/c1-3-18-9-5-7-15-22(18)21(24)17-11-13-20(14-12-17)27(25,26)23-16-8-6-10-19(23)4-2/h11-14,18-19H,3-10,15-16H2,1-2H3. The Balaban J connectivity index is 1.79. The normalized spacial score (nSPS) is 24.7. The van der Waals surface area contributed by atoms with Crippen molar-refractivity contribution in [3.63, 3.8) is 0 Å². The van der Waals surface area contributed by atoms with E-state index in [2.05, 4.69) is 6.92 Å². The molecule has 3 rings (SSSR count). The molecular formula is C21H32N2O3S. The maximum absolute atomic E-state index is 13.1. The SMILES string of the molecule is CCC1CCCCN1C(=O)c1ccc(S(=O)(=O)N2CCCCC2CC)cc1. The Labute approximate surface area is 163 Å². The van der Waals surface area contributed by atoms with E-state index in [9.17, 15) is 13.2 Å². The molecule has 0 N–H and O–H groups in total. The van der Waals surface area contributed by atoms with E-state index in [0.717, 1.165) is 51.5 Å². The molecule has 150 valence electrons. The van der Waals surface area contributed by atoms with Gasteiger partial charge in [-0.05, 0) is 69.2 Å². The van der Waals surface area contributed by atoms with E-state index in [-0.39, 0.29) is 11.9 Å². The van der Waals surface area contributed by atoms with Crippen molar-refractivity contribution in [1.82, 2.24) is 9.21 Å². The molecule has 2 saturated heterocycles. The average molecular weight is 393 g/mol. The lowest BCUT2D eigenvalue weighted by atomic mass is 9.99. The summed E-state index contributed by atoms with van der Waals surface area (Å²) in [5, 5.41) is 0. The van der Waals surface area contributed by atoms with Crippen molar-refractivity contribution in [3.05, 3.63) is 29.8 Å². The third kappa shape index (κ3) is 4.21. The van der Waals surface area contributed by atoms with Crippen molar-refractivity contribution in [2.45, 2.75) is 82.2 Å². The van der Waals surface area contributed by atoms with Gasteiger partial charge in [0.1, 0.15) is 0 Å². The van der Waals surface area contributed by atoms with Gasteiger partial charge in [-0.2, -0.15) is 4.31 Å². The summed E-state index contributed by atoms with van der Waals surface area (Å²) in [5.41, 5.74) is 0.583. The number of amides is 1. The molecule has 0 bridgehead atoms. The minimum atomic E-state index is -3.50. The van der Waals surface area contributed by atoms with Gasteiger partial charge in [-0.15, -0.1) is 0 Å². The van der Waals surface area contributed by atoms with Gasteiger partial charge in [-0.25, -0.2) is 8.42 Å².